The first kappa shape index (κ1) is 15.8. The highest BCUT2D eigenvalue weighted by molar-refractivity contribution is 6.19. The highest BCUT2D eigenvalue weighted by atomic mass is 15.0. The standard InChI is InChI=1S/C28H17N3/c1-2-4-20-16(3-1)11-18-14-23-19(13-22(18)20)12-17-5-6-21-27(26(17)23)24-15-29-8-7-25(24)31-10-9-30-28(21)31/h1-10,13-15H,11-12H2. The van der Waals surface area contributed by atoms with Crippen LogP contribution in [0.4, 0.5) is 0 Å². The predicted molar refractivity (Wildman–Crippen MR) is 124 cm³/mol. The van der Waals surface area contributed by atoms with E-state index in [1.54, 1.807) is 0 Å². The minimum absolute atomic E-state index is 0.984. The maximum absolute atomic E-state index is 4.71. The van der Waals surface area contributed by atoms with E-state index in [2.05, 4.69) is 64.0 Å². The van der Waals surface area contributed by atoms with Crippen LogP contribution in [0.25, 0.3) is 49.6 Å². The van der Waals surface area contributed by atoms with Crippen molar-refractivity contribution < 1.29 is 0 Å². The summed E-state index contributed by atoms with van der Waals surface area (Å²) in [5, 5.41) is 3.67. The summed E-state index contributed by atoms with van der Waals surface area (Å²) in [4.78, 5) is 9.19. The van der Waals surface area contributed by atoms with E-state index in [0.717, 1.165) is 24.0 Å². The van der Waals surface area contributed by atoms with E-state index in [1.807, 2.05) is 24.8 Å². The molecular formula is C28H17N3. The number of hydrogen-bond donors (Lipinski definition) is 0. The van der Waals surface area contributed by atoms with Gasteiger partial charge in [0.15, 0.2) is 0 Å². The van der Waals surface area contributed by atoms with Gasteiger partial charge in [-0.05, 0) is 75.5 Å². The van der Waals surface area contributed by atoms with Crippen LogP contribution in [0.2, 0.25) is 0 Å². The molecule has 3 nitrogen and oxygen atoms in total. The molecule has 8 rings (SSSR count). The summed E-state index contributed by atoms with van der Waals surface area (Å²) in [7, 11) is 0. The van der Waals surface area contributed by atoms with Crippen molar-refractivity contribution >= 4 is 27.3 Å². The zero-order chi connectivity index (χ0) is 20.1. The van der Waals surface area contributed by atoms with Crippen molar-refractivity contribution in [3.63, 3.8) is 0 Å². The van der Waals surface area contributed by atoms with Gasteiger partial charge in [0.1, 0.15) is 5.65 Å². The second-order valence-electron chi connectivity index (χ2n) is 8.71. The van der Waals surface area contributed by atoms with Gasteiger partial charge in [0.2, 0.25) is 0 Å². The summed E-state index contributed by atoms with van der Waals surface area (Å²) >= 11 is 0. The Hall–Kier alpha value is -3.98. The van der Waals surface area contributed by atoms with Crippen molar-refractivity contribution in [1.82, 2.24) is 14.4 Å². The molecule has 0 N–H and O–H groups in total. The van der Waals surface area contributed by atoms with Crippen LogP contribution in [0, 0.1) is 0 Å². The number of aromatic nitrogens is 3. The van der Waals surface area contributed by atoms with Gasteiger partial charge in [0, 0.05) is 40.9 Å². The fraction of sp³-hybridized carbons (Fsp3) is 0.0714. The maximum atomic E-state index is 4.71. The Kier molecular flexibility index (Phi) is 2.74. The van der Waals surface area contributed by atoms with Gasteiger partial charge >= 0.3 is 0 Å². The third-order valence-corrected chi connectivity index (χ3v) is 7.17. The van der Waals surface area contributed by atoms with Gasteiger partial charge in [-0.1, -0.05) is 36.4 Å². The Morgan fingerprint density at radius 1 is 0.710 bits per heavy atom. The number of pyridine rings is 2. The van der Waals surface area contributed by atoms with E-state index in [0.29, 0.717) is 0 Å². The van der Waals surface area contributed by atoms with E-state index in [4.69, 9.17) is 4.98 Å². The molecule has 2 aliphatic carbocycles. The first-order valence-corrected chi connectivity index (χ1v) is 10.8. The second-order valence-corrected chi connectivity index (χ2v) is 8.71. The molecule has 0 bridgehead atoms. The third-order valence-electron chi connectivity index (χ3n) is 7.17. The first-order chi connectivity index (χ1) is 15.4. The van der Waals surface area contributed by atoms with Crippen LogP contribution < -0.4 is 0 Å². The fourth-order valence-electron chi connectivity index (χ4n) is 5.87. The van der Waals surface area contributed by atoms with Gasteiger partial charge in [-0.15, -0.1) is 0 Å². The molecule has 144 valence electrons. The molecule has 3 aromatic heterocycles. The number of benzene rings is 3. The average molecular weight is 395 g/mol. The molecule has 6 aromatic rings. The minimum Gasteiger partial charge on any atom is -0.299 e. The monoisotopic (exact) mass is 395 g/mol. The van der Waals surface area contributed by atoms with E-state index < -0.39 is 0 Å². The highest BCUT2D eigenvalue weighted by Crippen LogP contribution is 2.48. The Morgan fingerprint density at radius 3 is 2.58 bits per heavy atom. The van der Waals surface area contributed by atoms with E-state index in [9.17, 15) is 0 Å². The van der Waals surface area contributed by atoms with E-state index in [1.165, 1.54) is 60.7 Å². The van der Waals surface area contributed by atoms with Crippen molar-refractivity contribution in [3.05, 3.63) is 102 Å². The molecular weight excluding hydrogens is 378 g/mol. The number of imidazole rings is 1. The van der Waals surface area contributed by atoms with Gasteiger partial charge < -0.3 is 0 Å². The first-order valence-electron chi connectivity index (χ1n) is 10.8. The normalized spacial score (nSPS) is 13.5. The minimum atomic E-state index is 0.984. The zero-order valence-electron chi connectivity index (χ0n) is 16.8. The molecule has 0 atom stereocenters. The average Bonchev–Trinajstić information content (AvgIpc) is 3.52. The quantitative estimate of drug-likeness (QED) is 0.287. The van der Waals surface area contributed by atoms with Crippen LogP contribution in [0.1, 0.15) is 22.3 Å². The molecule has 0 aliphatic heterocycles. The van der Waals surface area contributed by atoms with E-state index in [-0.39, 0.29) is 0 Å². The van der Waals surface area contributed by atoms with Crippen molar-refractivity contribution in [2.45, 2.75) is 12.8 Å². The maximum Gasteiger partial charge on any atom is 0.145 e. The van der Waals surface area contributed by atoms with Gasteiger partial charge in [0.05, 0.1) is 5.52 Å². The Labute approximate surface area is 178 Å². The van der Waals surface area contributed by atoms with E-state index >= 15 is 0 Å². The SMILES string of the molecule is c1ccc2c(c1)Cc1cc3c(cc1-2)Cc1ccc2c(c1-3)c1cnccc1n1ccnc21. The lowest BCUT2D eigenvalue weighted by Gasteiger charge is -2.13. The molecule has 0 amide bonds. The number of hydrogen-bond acceptors (Lipinski definition) is 2. The second kappa shape index (κ2) is 5.38. The van der Waals surface area contributed by atoms with Crippen molar-refractivity contribution in [2.24, 2.45) is 0 Å². The third kappa shape index (κ3) is 1.89. The van der Waals surface area contributed by atoms with Crippen LogP contribution in [0.5, 0.6) is 0 Å². The Morgan fingerprint density at radius 2 is 1.58 bits per heavy atom. The molecule has 2 aliphatic rings. The summed E-state index contributed by atoms with van der Waals surface area (Å²) < 4.78 is 2.18. The molecule has 3 aromatic carbocycles. The summed E-state index contributed by atoms with van der Waals surface area (Å²) in [6, 6.07) is 20.4. The Balaban J connectivity index is 1.51. The number of rotatable bonds is 0. The van der Waals surface area contributed by atoms with Gasteiger partial charge in [0.25, 0.3) is 0 Å². The summed E-state index contributed by atoms with van der Waals surface area (Å²) in [5.74, 6) is 0. The van der Waals surface area contributed by atoms with Crippen LogP contribution in [0.3, 0.4) is 0 Å². The lowest BCUT2D eigenvalue weighted by Crippen LogP contribution is -1.93. The molecule has 0 saturated heterocycles. The lowest BCUT2D eigenvalue weighted by molar-refractivity contribution is 1.24. The molecule has 0 unspecified atom stereocenters. The molecule has 0 fully saturated rings. The molecule has 3 heteroatoms. The predicted octanol–water partition coefficient (Wildman–Crippen LogP) is 6.18. The zero-order valence-corrected chi connectivity index (χ0v) is 16.8. The lowest BCUT2D eigenvalue weighted by atomic mass is 9.94. The molecule has 0 radical (unpaired) electrons. The summed E-state index contributed by atoms with van der Waals surface area (Å²) in [6.07, 6.45) is 9.82. The van der Waals surface area contributed by atoms with Crippen LogP contribution in [0.15, 0.2) is 79.4 Å². The molecule has 31 heavy (non-hydrogen) atoms. The Bertz CT molecular complexity index is 1740. The smallest absolute Gasteiger partial charge is 0.145 e. The highest BCUT2D eigenvalue weighted by Gasteiger charge is 2.27. The van der Waals surface area contributed by atoms with Crippen LogP contribution in [-0.2, 0) is 12.8 Å². The topological polar surface area (TPSA) is 30.2 Å². The molecule has 0 saturated carbocycles. The largest absolute Gasteiger partial charge is 0.299 e. The van der Waals surface area contributed by atoms with Crippen LogP contribution in [-0.4, -0.2) is 14.4 Å². The van der Waals surface area contributed by atoms with Gasteiger partial charge in [-0.2, -0.15) is 0 Å². The molecule has 0 spiro atoms. The van der Waals surface area contributed by atoms with Crippen molar-refractivity contribution in [3.8, 4) is 22.3 Å². The van der Waals surface area contributed by atoms with Gasteiger partial charge in [-0.25, -0.2) is 4.98 Å². The van der Waals surface area contributed by atoms with Crippen LogP contribution >= 0.6 is 0 Å². The van der Waals surface area contributed by atoms with Gasteiger partial charge in [-0.3, -0.25) is 9.38 Å². The van der Waals surface area contributed by atoms with Crippen molar-refractivity contribution in [1.29, 1.82) is 0 Å². The number of nitrogens with zero attached hydrogens (tertiary/aromatic N) is 3. The summed E-state index contributed by atoms with van der Waals surface area (Å²) in [6.45, 7) is 0. The summed E-state index contributed by atoms with van der Waals surface area (Å²) in [5.41, 5.74) is 13.4. The number of fused-ring (bicyclic) bond motifs is 13. The fourth-order valence-corrected chi connectivity index (χ4v) is 5.87. The molecule has 3 heterocycles. The van der Waals surface area contributed by atoms with Crippen molar-refractivity contribution in [2.75, 3.05) is 0 Å².